The fraction of sp³-hybridized carbons (Fsp3) is 0.538. The maximum atomic E-state index is 13.7. The van der Waals surface area contributed by atoms with Crippen LogP contribution < -0.4 is 5.32 Å². The first-order valence-electron chi connectivity index (χ1n) is 5.77. The summed E-state index contributed by atoms with van der Waals surface area (Å²) in [6, 6.07) is 5.51. The highest BCUT2D eigenvalue weighted by molar-refractivity contribution is 9.10. The molecule has 4 heteroatoms. The third-order valence-corrected chi connectivity index (χ3v) is 3.28. The summed E-state index contributed by atoms with van der Waals surface area (Å²) < 4.78 is 19.4. The predicted molar refractivity (Wildman–Crippen MR) is 71.8 cm³/mol. The molecule has 0 fully saturated rings. The molecule has 0 radical (unpaired) electrons. The average molecular weight is 304 g/mol. The van der Waals surface area contributed by atoms with E-state index < -0.39 is 0 Å². The van der Waals surface area contributed by atoms with Gasteiger partial charge < -0.3 is 10.1 Å². The van der Waals surface area contributed by atoms with Crippen LogP contribution in [-0.2, 0) is 11.2 Å². The summed E-state index contributed by atoms with van der Waals surface area (Å²) in [5.74, 6) is -0.147. The number of rotatable bonds is 7. The van der Waals surface area contributed by atoms with Crippen LogP contribution in [0.15, 0.2) is 22.7 Å². The Bertz CT molecular complexity index is 346. The molecule has 0 heterocycles. The summed E-state index contributed by atoms with van der Waals surface area (Å²) in [6.45, 7) is 0.751. The molecule has 1 aromatic carbocycles. The van der Waals surface area contributed by atoms with E-state index in [1.807, 2.05) is 19.2 Å². The molecule has 17 heavy (non-hydrogen) atoms. The van der Waals surface area contributed by atoms with E-state index in [0.717, 1.165) is 29.5 Å². The summed E-state index contributed by atoms with van der Waals surface area (Å²) in [4.78, 5) is 0. The minimum absolute atomic E-state index is 0.147. The maximum Gasteiger partial charge on any atom is 0.127 e. The normalized spacial score (nSPS) is 12.7. The SMILES string of the molecule is CNC(CCCOC)Cc1ccc(Br)cc1F. The lowest BCUT2D eigenvalue weighted by Crippen LogP contribution is -2.28. The highest BCUT2D eigenvalue weighted by atomic mass is 79.9. The molecule has 1 rings (SSSR count). The molecule has 0 saturated carbocycles. The first-order valence-corrected chi connectivity index (χ1v) is 6.56. The van der Waals surface area contributed by atoms with Crippen LogP contribution >= 0.6 is 15.9 Å². The molecule has 0 aromatic heterocycles. The zero-order valence-electron chi connectivity index (χ0n) is 10.3. The number of ether oxygens (including phenoxy) is 1. The topological polar surface area (TPSA) is 21.3 Å². The quantitative estimate of drug-likeness (QED) is 0.781. The molecule has 0 aliphatic rings. The largest absolute Gasteiger partial charge is 0.385 e. The molecule has 0 saturated heterocycles. The Morgan fingerprint density at radius 2 is 2.24 bits per heavy atom. The summed E-state index contributed by atoms with van der Waals surface area (Å²) in [5, 5.41) is 3.22. The fourth-order valence-electron chi connectivity index (χ4n) is 1.78. The molecule has 96 valence electrons. The molecule has 1 aromatic rings. The number of methoxy groups -OCH3 is 1. The van der Waals surface area contributed by atoms with Crippen LogP contribution in [0, 0.1) is 5.82 Å². The van der Waals surface area contributed by atoms with Crippen molar-refractivity contribution in [1.82, 2.24) is 5.32 Å². The van der Waals surface area contributed by atoms with Crippen molar-refractivity contribution in [2.75, 3.05) is 20.8 Å². The third kappa shape index (κ3) is 5.15. The molecular weight excluding hydrogens is 285 g/mol. The van der Waals surface area contributed by atoms with Gasteiger partial charge >= 0.3 is 0 Å². The van der Waals surface area contributed by atoms with Gasteiger partial charge in [-0.05, 0) is 44.0 Å². The van der Waals surface area contributed by atoms with Crippen LogP contribution in [0.3, 0.4) is 0 Å². The number of likely N-dealkylation sites (N-methyl/N-ethyl adjacent to an activating group) is 1. The number of benzene rings is 1. The Kier molecular flexibility index (Phi) is 6.70. The first kappa shape index (κ1) is 14.6. The van der Waals surface area contributed by atoms with Gasteiger partial charge in [-0.1, -0.05) is 22.0 Å². The van der Waals surface area contributed by atoms with Crippen LogP contribution in [0.4, 0.5) is 4.39 Å². The van der Waals surface area contributed by atoms with Crippen molar-refractivity contribution in [3.05, 3.63) is 34.1 Å². The molecule has 0 aliphatic heterocycles. The van der Waals surface area contributed by atoms with Crippen molar-refractivity contribution in [3.63, 3.8) is 0 Å². The van der Waals surface area contributed by atoms with Gasteiger partial charge in [0.15, 0.2) is 0 Å². The van der Waals surface area contributed by atoms with E-state index >= 15 is 0 Å². The Balaban J connectivity index is 2.54. The van der Waals surface area contributed by atoms with E-state index in [-0.39, 0.29) is 5.82 Å². The molecule has 0 spiro atoms. The van der Waals surface area contributed by atoms with E-state index in [0.29, 0.717) is 12.5 Å². The Morgan fingerprint density at radius 1 is 1.47 bits per heavy atom. The van der Waals surface area contributed by atoms with Crippen LogP contribution in [0.25, 0.3) is 0 Å². The summed E-state index contributed by atoms with van der Waals surface area (Å²) in [7, 11) is 3.61. The maximum absolute atomic E-state index is 13.7. The van der Waals surface area contributed by atoms with E-state index in [1.165, 1.54) is 6.07 Å². The second-order valence-electron chi connectivity index (χ2n) is 4.06. The van der Waals surface area contributed by atoms with Gasteiger partial charge in [0.1, 0.15) is 5.82 Å². The van der Waals surface area contributed by atoms with E-state index in [4.69, 9.17) is 4.74 Å². The Hall–Kier alpha value is -0.450. The van der Waals surface area contributed by atoms with Gasteiger partial charge in [0.05, 0.1) is 0 Å². The molecule has 1 unspecified atom stereocenters. The van der Waals surface area contributed by atoms with Crippen LogP contribution in [-0.4, -0.2) is 26.8 Å². The molecule has 2 nitrogen and oxygen atoms in total. The van der Waals surface area contributed by atoms with Gasteiger partial charge in [-0.25, -0.2) is 4.39 Å². The van der Waals surface area contributed by atoms with Crippen LogP contribution in [0.2, 0.25) is 0 Å². The van der Waals surface area contributed by atoms with E-state index in [2.05, 4.69) is 21.2 Å². The van der Waals surface area contributed by atoms with Gasteiger partial charge in [-0.3, -0.25) is 0 Å². The molecular formula is C13H19BrFNO. The van der Waals surface area contributed by atoms with Gasteiger partial charge in [-0.2, -0.15) is 0 Å². The molecule has 0 aliphatic carbocycles. The molecule has 0 bridgehead atoms. The number of hydrogen-bond donors (Lipinski definition) is 1. The average Bonchev–Trinajstić information content (AvgIpc) is 2.31. The van der Waals surface area contributed by atoms with Crippen molar-refractivity contribution < 1.29 is 9.13 Å². The standard InChI is InChI=1S/C13H19BrFNO/c1-16-12(4-3-7-17-2)8-10-5-6-11(14)9-13(10)15/h5-6,9,12,16H,3-4,7-8H2,1-2H3. The van der Waals surface area contributed by atoms with Gasteiger partial charge in [-0.15, -0.1) is 0 Å². The van der Waals surface area contributed by atoms with Crippen molar-refractivity contribution >= 4 is 15.9 Å². The minimum Gasteiger partial charge on any atom is -0.385 e. The highest BCUT2D eigenvalue weighted by Gasteiger charge is 2.10. The zero-order chi connectivity index (χ0) is 12.7. The third-order valence-electron chi connectivity index (χ3n) is 2.79. The van der Waals surface area contributed by atoms with Crippen molar-refractivity contribution in [1.29, 1.82) is 0 Å². The van der Waals surface area contributed by atoms with Crippen molar-refractivity contribution in [2.45, 2.75) is 25.3 Å². The zero-order valence-corrected chi connectivity index (χ0v) is 11.9. The van der Waals surface area contributed by atoms with Gasteiger partial charge in [0.2, 0.25) is 0 Å². The molecule has 1 N–H and O–H groups in total. The fourth-order valence-corrected chi connectivity index (χ4v) is 2.11. The molecule has 0 amide bonds. The number of nitrogens with one attached hydrogen (secondary N) is 1. The molecule has 1 atom stereocenters. The van der Waals surface area contributed by atoms with E-state index in [9.17, 15) is 4.39 Å². The summed E-state index contributed by atoms with van der Waals surface area (Å²) in [5.41, 5.74) is 0.755. The minimum atomic E-state index is -0.147. The smallest absolute Gasteiger partial charge is 0.127 e. The lowest BCUT2D eigenvalue weighted by Gasteiger charge is -2.16. The summed E-state index contributed by atoms with van der Waals surface area (Å²) >= 11 is 3.26. The number of halogens is 2. The van der Waals surface area contributed by atoms with E-state index in [1.54, 1.807) is 7.11 Å². The monoisotopic (exact) mass is 303 g/mol. The lowest BCUT2D eigenvalue weighted by atomic mass is 10.0. The van der Waals surface area contributed by atoms with Crippen molar-refractivity contribution in [2.24, 2.45) is 0 Å². The van der Waals surface area contributed by atoms with Crippen LogP contribution in [0.1, 0.15) is 18.4 Å². The highest BCUT2D eigenvalue weighted by Crippen LogP contribution is 2.17. The van der Waals surface area contributed by atoms with Gasteiger partial charge in [0.25, 0.3) is 0 Å². The predicted octanol–water partition coefficient (Wildman–Crippen LogP) is 3.15. The van der Waals surface area contributed by atoms with Gasteiger partial charge in [0, 0.05) is 24.2 Å². The Morgan fingerprint density at radius 3 is 2.82 bits per heavy atom. The second-order valence-corrected chi connectivity index (χ2v) is 4.98. The second kappa shape index (κ2) is 7.80. The Labute approximate surface area is 111 Å². The first-order chi connectivity index (χ1) is 8.17. The van der Waals surface area contributed by atoms with Crippen LogP contribution in [0.5, 0.6) is 0 Å². The van der Waals surface area contributed by atoms with Crippen molar-refractivity contribution in [3.8, 4) is 0 Å². The lowest BCUT2D eigenvalue weighted by molar-refractivity contribution is 0.189. The summed E-state index contributed by atoms with van der Waals surface area (Å²) in [6.07, 6.45) is 2.68. The number of hydrogen-bond acceptors (Lipinski definition) is 2.